The summed E-state index contributed by atoms with van der Waals surface area (Å²) in [6.45, 7) is 4.33. The lowest BCUT2D eigenvalue weighted by molar-refractivity contribution is 0.575. The van der Waals surface area contributed by atoms with E-state index in [9.17, 15) is 0 Å². The molecular formula is C21H34ClN3O. The van der Waals surface area contributed by atoms with E-state index in [-0.39, 0.29) is 12.4 Å². The van der Waals surface area contributed by atoms with Crippen molar-refractivity contribution >= 4 is 29.5 Å². The zero-order chi connectivity index (χ0) is 17.3. The number of unbranched alkanes of at least 4 members (excludes halogenated alkanes) is 7. The SMILES string of the molecule is CCCCCCCCCCc1ccc2nc(N[C@H]3CCNC3)oc2c1.Cl. The van der Waals surface area contributed by atoms with Crippen molar-refractivity contribution in [3.8, 4) is 0 Å². The van der Waals surface area contributed by atoms with Gasteiger partial charge in [-0.05, 0) is 43.5 Å². The standard InChI is InChI=1S/C21H33N3O.ClH/c1-2-3-4-5-6-7-8-9-10-17-11-12-19-20(15-17)25-21(24-19)23-18-13-14-22-16-18;/h11-12,15,18,22H,2-10,13-14,16H2,1H3,(H,23,24);1H/t18-;/m0./s1. The maximum atomic E-state index is 5.90. The Hall–Kier alpha value is -1.26. The molecule has 1 fully saturated rings. The van der Waals surface area contributed by atoms with Crippen LogP contribution in [0.1, 0.15) is 70.3 Å². The van der Waals surface area contributed by atoms with Gasteiger partial charge in [-0.3, -0.25) is 0 Å². The Kier molecular flexibility index (Phi) is 9.27. The van der Waals surface area contributed by atoms with E-state index >= 15 is 0 Å². The Morgan fingerprint density at radius 1 is 1.12 bits per heavy atom. The van der Waals surface area contributed by atoms with Crippen molar-refractivity contribution in [2.75, 3.05) is 18.4 Å². The Balaban J connectivity index is 0.00000243. The molecule has 0 spiro atoms. The van der Waals surface area contributed by atoms with Crippen LogP contribution < -0.4 is 10.6 Å². The molecule has 3 rings (SSSR count). The van der Waals surface area contributed by atoms with Gasteiger partial charge >= 0.3 is 0 Å². The van der Waals surface area contributed by atoms with Gasteiger partial charge in [-0.15, -0.1) is 12.4 Å². The van der Waals surface area contributed by atoms with Gasteiger partial charge < -0.3 is 15.1 Å². The second-order valence-electron chi connectivity index (χ2n) is 7.38. The number of fused-ring (bicyclic) bond motifs is 1. The molecule has 5 heteroatoms. The summed E-state index contributed by atoms with van der Waals surface area (Å²) in [6.07, 6.45) is 13.2. The highest BCUT2D eigenvalue weighted by Gasteiger charge is 2.16. The van der Waals surface area contributed by atoms with E-state index in [1.54, 1.807) is 0 Å². The lowest BCUT2D eigenvalue weighted by Gasteiger charge is -2.07. The Morgan fingerprint density at radius 2 is 1.88 bits per heavy atom. The third-order valence-corrected chi connectivity index (χ3v) is 5.16. The lowest BCUT2D eigenvalue weighted by atomic mass is 10.0. The molecule has 2 N–H and O–H groups in total. The molecule has 1 aliphatic rings. The summed E-state index contributed by atoms with van der Waals surface area (Å²) in [4.78, 5) is 4.56. The van der Waals surface area contributed by atoms with Crippen LogP contribution in [0.25, 0.3) is 11.1 Å². The number of aromatic nitrogens is 1. The lowest BCUT2D eigenvalue weighted by Crippen LogP contribution is -2.22. The van der Waals surface area contributed by atoms with Gasteiger partial charge in [0.05, 0.1) is 0 Å². The van der Waals surface area contributed by atoms with Gasteiger partial charge in [-0.25, -0.2) is 0 Å². The van der Waals surface area contributed by atoms with E-state index in [4.69, 9.17) is 4.42 Å². The third-order valence-electron chi connectivity index (χ3n) is 5.16. The molecular weight excluding hydrogens is 346 g/mol. The predicted molar refractivity (Wildman–Crippen MR) is 112 cm³/mol. The Bertz CT molecular complexity index is 637. The molecule has 0 radical (unpaired) electrons. The molecule has 4 nitrogen and oxygen atoms in total. The molecule has 146 valence electrons. The zero-order valence-electron chi connectivity index (χ0n) is 16.1. The molecule has 0 saturated carbocycles. The van der Waals surface area contributed by atoms with Gasteiger partial charge in [-0.1, -0.05) is 57.9 Å². The van der Waals surface area contributed by atoms with Gasteiger partial charge in [0.2, 0.25) is 0 Å². The van der Waals surface area contributed by atoms with Crippen LogP contribution in [0.4, 0.5) is 6.01 Å². The van der Waals surface area contributed by atoms with Gasteiger partial charge in [-0.2, -0.15) is 4.98 Å². The molecule has 0 unspecified atom stereocenters. The number of anilines is 1. The summed E-state index contributed by atoms with van der Waals surface area (Å²) in [5, 5.41) is 6.74. The van der Waals surface area contributed by atoms with E-state index in [2.05, 4.69) is 40.7 Å². The first-order chi connectivity index (χ1) is 12.3. The summed E-state index contributed by atoms with van der Waals surface area (Å²) in [5.74, 6) is 0. The quantitative estimate of drug-likeness (QED) is 0.491. The van der Waals surface area contributed by atoms with Crippen LogP contribution in [0.5, 0.6) is 0 Å². The summed E-state index contributed by atoms with van der Waals surface area (Å²) < 4.78 is 5.90. The molecule has 2 heterocycles. The van der Waals surface area contributed by atoms with Crippen molar-refractivity contribution < 1.29 is 4.42 Å². The van der Waals surface area contributed by atoms with Crippen LogP contribution in [-0.2, 0) is 6.42 Å². The number of oxazole rings is 1. The zero-order valence-corrected chi connectivity index (χ0v) is 16.9. The average molecular weight is 380 g/mol. The smallest absolute Gasteiger partial charge is 0.295 e. The highest BCUT2D eigenvalue weighted by molar-refractivity contribution is 5.85. The highest BCUT2D eigenvalue weighted by Crippen LogP contribution is 2.22. The van der Waals surface area contributed by atoms with Gasteiger partial charge in [0.1, 0.15) is 5.52 Å². The van der Waals surface area contributed by atoms with Gasteiger partial charge in [0, 0.05) is 12.6 Å². The molecule has 1 saturated heterocycles. The van der Waals surface area contributed by atoms with Crippen molar-refractivity contribution in [3.63, 3.8) is 0 Å². The van der Waals surface area contributed by atoms with Gasteiger partial charge in [0.25, 0.3) is 6.01 Å². The second kappa shape index (κ2) is 11.5. The minimum Gasteiger partial charge on any atom is -0.424 e. The predicted octanol–water partition coefficient (Wildman–Crippen LogP) is 5.71. The molecule has 1 aliphatic heterocycles. The minimum absolute atomic E-state index is 0. The number of nitrogens with zero attached hydrogens (tertiary/aromatic N) is 1. The molecule has 0 bridgehead atoms. The summed E-state index contributed by atoms with van der Waals surface area (Å²) in [6, 6.07) is 7.56. The number of halogens is 1. The fraction of sp³-hybridized carbons (Fsp3) is 0.667. The van der Waals surface area contributed by atoms with E-state index in [0.29, 0.717) is 12.1 Å². The molecule has 0 aliphatic carbocycles. The number of rotatable bonds is 11. The number of hydrogen-bond donors (Lipinski definition) is 2. The molecule has 0 amide bonds. The summed E-state index contributed by atoms with van der Waals surface area (Å²) in [7, 11) is 0. The van der Waals surface area contributed by atoms with Crippen LogP contribution in [0.15, 0.2) is 22.6 Å². The van der Waals surface area contributed by atoms with Crippen LogP contribution in [0, 0.1) is 0 Å². The van der Waals surface area contributed by atoms with Crippen LogP contribution >= 0.6 is 12.4 Å². The number of hydrogen-bond acceptors (Lipinski definition) is 4. The van der Waals surface area contributed by atoms with Crippen molar-refractivity contribution in [1.82, 2.24) is 10.3 Å². The van der Waals surface area contributed by atoms with E-state index < -0.39 is 0 Å². The molecule has 1 aromatic heterocycles. The first-order valence-electron chi connectivity index (χ1n) is 10.2. The van der Waals surface area contributed by atoms with Crippen LogP contribution in [0.3, 0.4) is 0 Å². The first kappa shape index (κ1) is 21.0. The summed E-state index contributed by atoms with van der Waals surface area (Å²) in [5.41, 5.74) is 3.22. The average Bonchev–Trinajstić information content (AvgIpc) is 3.26. The topological polar surface area (TPSA) is 50.1 Å². The van der Waals surface area contributed by atoms with E-state index in [1.807, 2.05) is 0 Å². The number of nitrogens with one attached hydrogen (secondary N) is 2. The van der Waals surface area contributed by atoms with Crippen molar-refractivity contribution in [1.29, 1.82) is 0 Å². The minimum atomic E-state index is 0. The van der Waals surface area contributed by atoms with Gasteiger partial charge in [0.15, 0.2) is 5.58 Å². The maximum Gasteiger partial charge on any atom is 0.295 e. The van der Waals surface area contributed by atoms with Crippen molar-refractivity contribution in [2.45, 2.75) is 77.2 Å². The molecule has 26 heavy (non-hydrogen) atoms. The Morgan fingerprint density at radius 3 is 2.62 bits per heavy atom. The maximum absolute atomic E-state index is 5.90. The normalized spacial score (nSPS) is 16.7. The van der Waals surface area contributed by atoms with E-state index in [0.717, 1.165) is 37.0 Å². The largest absolute Gasteiger partial charge is 0.424 e. The van der Waals surface area contributed by atoms with Crippen LogP contribution in [0.2, 0.25) is 0 Å². The first-order valence-corrected chi connectivity index (χ1v) is 10.2. The van der Waals surface area contributed by atoms with Crippen LogP contribution in [-0.4, -0.2) is 24.1 Å². The van der Waals surface area contributed by atoms with Crippen molar-refractivity contribution in [2.24, 2.45) is 0 Å². The summed E-state index contributed by atoms with van der Waals surface area (Å²) >= 11 is 0. The molecule has 1 aromatic carbocycles. The van der Waals surface area contributed by atoms with Crippen molar-refractivity contribution in [3.05, 3.63) is 23.8 Å². The van der Waals surface area contributed by atoms with E-state index in [1.165, 1.54) is 56.9 Å². The number of benzene rings is 1. The fourth-order valence-corrected chi connectivity index (χ4v) is 3.60. The number of aryl methyl sites for hydroxylation is 1. The Labute approximate surface area is 163 Å². The third kappa shape index (κ3) is 6.48. The highest BCUT2D eigenvalue weighted by atomic mass is 35.5. The monoisotopic (exact) mass is 379 g/mol. The second-order valence-corrected chi connectivity index (χ2v) is 7.38. The molecule has 1 atom stereocenters. The fourth-order valence-electron chi connectivity index (χ4n) is 3.60. The molecule has 2 aromatic rings.